The molecule has 96 valence electrons. The summed E-state index contributed by atoms with van der Waals surface area (Å²) in [7, 11) is 0. The fraction of sp³-hybridized carbons (Fsp3) is 0.769. The van der Waals surface area contributed by atoms with E-state index in [1.807, 2.05) is 6.20 Å². The Morgan fingerprint density at radius 2 is 2.47 bits per heavy atom. The Balaban J connectivity index is 1.91. The molecule has 17 heavy (non-hydrogen) atoms. The summed E-state index contributed by atoms with van der Waals surface area (Å²) < 4.78 is 0. The first kappa shape index (κ1) is 13.4. The lowest BCUT2D eigenvalue weighted by atomic mass is 10.0. The molecular weight excluding hydrogens is 248 g/mol. The molecule has 0 saturated carbocycles. The molecular formula is C13H22N2S2. The zero-order valence-electron chi connectivity index (χ0n) is 10.5. The number of hydrogen-bond acceptors (Lipinski definition) is 4. The van der Waals surface area contributed by atoms with Crippen LogP contribution in [0.5, 0.6) is 0 Å². The fourth-order valence-corrected chi connectivity index (χ4v) is 4.40. The monoisotopic (exact) mass is 270 g/mol. The molecule has 0 bridgehead atoms. The number of thiazole rings is 1. The minimum Gasteiger partial charge on any atom is -0.312 e. The van der Waals surface area contributed by atoms with Crippen molar-refractivity contribution >= 4 is 23.1 Å². The van der Waals surface area contributed by atoms with Crippen LogP contribution < -0.4 is 5.32 Å². The van der Waals surface area contributed by atoms with Crippen molar-refractivity contribution < 1.29 is 0 Å². The molecule has 0 radical (unpaired) electrons. The topological polar surface area (TPSA) is 24.9 Å². The second-order valence-corrected chi connectivity index (χ2v) is 6.92. The maximum Gasteiger partial charge on any atom is 0.0940 e. The van der Waals surface area contributed by atoms with E-state index in [0.717, 1.165) is 18.2 Å². The minimum absolute atomic E-state index is 0.617. The molecule has 1 fully saturated rings. The van der Waals surface area contributed by atoms with E-state index in [1.54, 1.807) is 11.3 Å². The minimum atomic E-state index is 0.617. The van der Waals surface area contributed by atoms with Crippen LogP contribution in [0.2, 0.25) is 0 Å². The highest BCUT2D eigenvalue weighted by Crippen LogP contribution is 2.29. The SMILES string of the molecule is CCCNC(Cc1nccs1)C1CCCCS1. The van der Waals surface area contributed by atoms with Gasteiger partial charge in [-0.2, -0.15) is 11.8 Å². The van der Waals surface area contributed by atoms with Gasteiger partial charge in [-0.1, -0.05) is 13.3 Å². The Labute approximate surface area is 113 Å². The van der Waals surface area contributed by atoms with Crippen LogP contribution in [0.15, 0.2) is 11.6 Å². The van der Waals surface area contributed by atoms with Crippen LogP contribution in [-0.2, 0) is 6.42 Å². The van der Waals surface area contributed by atoms with E-state index in [0.29, 0.717) is 6.04 Å². The molecule has 0 amide bonds. The standard InChI is InChI=1S/C13H22N2S2/c1-2-6-14-11(10-13-15-7-9-17-13)12-5-3-4-8-16-12/h7,9,11-12,14H,2-6,8,10H2,1H3. The third-order valence-corrected chi connectivity index (χ3v) is 5.52. The molecule has 2 heterocycles. The van der Waals surface area contributed by atoms with Crippen molar-refractivity contribution in [1.29, 1.82) is 0 Å². The molecule has 1 aliphatic heterocycles. The summed E-state index contributed by atoms with van der Waals surface area (Å²) in [4.78, 5) is 4.43. The van der Waals surface area contributed by atoms with E-state index >= 15 is 0 Å². The zero-order valence-corrected chi connectivity index (χ0v) is 12.2. The van der Waals surface area contributed by atoms with Crippen LogP contribution in [0.4, 0.5) is 0 Å². The normalized spacial score (nSPS) is 22.5. The van der Waals surface area contributed by atoms with Crippen LogP contribution in [0.3, 0.4) is 0 Å². The summed E-state index contributed by atoms with van der Waals surface area (Å²) in [5.74, 6) is 1.34. The van der Waals surface area contributed by atoms with E-state index in [9.17, 15) is 0 Å². The van der Waals surface area contributed by atoms with Crippen molar-refractivity contribution in [2.45, 2.75) is 50.3 Å². The smallest absolute Gasteiger partial charge is 0.0940 e. The van der Waals surface area contributed by atoms with Crippen LogP contribution >= 0.6 is 23.1 Å². The molecule has 0 aliphatic carbocycles. The van der Waals surface area contributed by atoms with Gasteiger partial charge in [-0.3, -0.25) is 0 Å². The molecule has 1 saturated heterocycles. The Morgan fingerprint density at radius 3 is 3.12 bits per heavy atom. The van der Waals surface area contributed by atoms with Gasteiger partial charge in [0.2, 0.25) is 0 Å². The maximum atomic E-state index is 4.43. The Bertz CT molecular complexity index is 294. The summed E-state index contributed by atoms with van der Waals surface area (Å²) in [6, 6.07) is 0.617. The molecule has 0 spiro atoms. The Kier molecular flexibility index (Phi) is 5.81. The molecule has 2 atom stereocenters. The third kappa shape index (κ3) is 4.27. The highest BCUT2D eigenvalue weighted by atomic mass is 32.2. The Morgan fingerprint density at radius 1 is 1.53 bits per heavy atom. The summed E-state index contributed by atoms with van der Waals surface area (Å²) in [6.07, 6.45) is 8.42. The fourth-order valence-electron chi connectivity index (χ4n) is 2.29. The number of thioether (sulfide) groups is 1. The highest BCUT2D eigenvalue weighted by Gasteiger charge is 2.24. The molecule has 1 aromatic rings. The predicted octanol–water partition coefficient (Wildman–Crippen LogP) is 3.34. The lowest BCUT2D eigenvalue weighted by Crippen LogP contribution is -2.41. The van der Waals surface area contributed by atoms with Gasteiger partial charge < -0.3 is 5.32 Å². The highest BCUT2D eigenvalue weighted by molar-refractivity contribution is 8.00. The molecule has 1 N–H and O–H groups in total. The maximum absolute atomic E-state index is 4.43. The zero-order chi connectivity index (χ0) is 11.9. The van der Waals surface area contributed by atoms with E-state index in [1.165, 1.54) is 36.4 Å². The molecule has 2 nitrogen and oxygen atoms in total. The average molecular weight is 270 g/mol. The largest absolute Gasteiger partial charge is 0.312 e. The van der Waals surface area contributed by atoms with Crippen LogP contribution in [0.1, 0.15) is 37.6 Å². The van der Waals surface area contributed by atoms with Gasteiger partial charge in [0.05, 0.1) is 5.01 Å². The van der Waals surface area contributed by atoms with Gasteiger partial charge in [0.15, 0.2) is 0 Å². The summed E-state index contributed by atoms with van der Waals surface area (Å²) >= 11 is 3.95. The molecule has 2 unspecified atom stereocenters. The van der Waals surface area contributed by atoms with E-state index in [-0.39, 0.29) is 0 Å². The summed E-state index contributed by atoms with van der Waals surface area (Å²) in [5, 5.41) is 7.88. The lowest BCUT2D eigenvalue weighted by molar-refractivity contribution is 0.461. The van der Waals surface area contributed by atoms with Gasteiger partial charge in [0.25, 0.3) is 0 Å². The van der Waals surface area contributed by atoms with Gasteiger partial charge in [-0.15, -0.1) is 11.3 Å². The second kappa shape index (κ2) is 7.39. The number of nitrogens with one attached hydrogen (secondary N) is 1. The average Bonchev–Trinajstić information content (AvgIpc) is 2.88. The molecule has 2 rings (SSSR count). The van der Waals surface area contributed by atoms with Crippen LogP contribution in [0, 0.1) is 0 Å². The first-order valence-corrected chi connectivity index (χ1v) is 8.56. The van der Waals surface area contributed by atoms with Gasteiger partial charge in [0, 0.05) is 29.3 Å². The van der Waals surface area contributed by atoms with E-state index in [2.05, 4.69) is 34.4 Å². The van der Waals surface area contributed by atoms with Crippen molar-refractivity contribution in [3.8, 4) is 0 Å². The number of hydrogen-bond donors (Lipinski definition) is 1. The summed E-state index contributed by atoms with van der Waals surface area (Å²) in [5.41, 5.74) is 0. The van der Waals surface area contributed by atoms with Gasteiger partial charge >= 0.3 is 0 Å². The number of nitrogens with zero attached hydrogens (tertiary/aromatic N) is 1. The number of rotatable bonds is 6. The van der Waals surface area contributed by atoms with E-state index in [4.69, 9.17) is 0 Å². The van der Waals surface area contributed by atoms with Crippen LogP contribution in [-0.4, -0.2) is 28.6 Å². The first-order chi connectivity index (χ1) is 8.40. The van der Waals surface area contributed by atoms with Crippen molar-refractivity contribution in [3.05, 3.63) is 16.6 Å². The van der Waals surface area contributed by atoms with Crippen LogP contribution in [0.25, 0.3) is 0 Å². The predicted molar refractivity (Wildman–Crippen MR) is 78.0 cm³/mol. The van der Waals surface area contributed by atoms with Gasteiger partial charge in [0.1, 0.15) is 0 Å². The first-order valence-electron chi connectivity index (χ1n) is 6.63. The van der Waals surface area contributed by atoms with Crippen molar-refractivity contribution in [2.24, 2.45) is 0 Å². The second-order valence-electron chi connectivity index (χ2n) is 4.60. The molecule has 4 heteroatoms. The van der Waals surface area contributed by atoms with E-state index < -0.39 is 0 Å². The number of aromatic nitrogens is 1. The Hall–Kier alpha value is -0.0600. The lowest BCUT2D eigenvalue weighted by Gasteiger charge is -2.30. The van der Waals surface area contributed by atoms with Gasteiger partial charge in [-0.05, 0) is 31.6 Å². The third-order valence-electron chi connectivity index (χ3n) is 3.20. The molecule has 0 aromatic carbocycles. The molecule has 1 aliphatic rings. The van der Waals surface area contributed by atoms with Crippen molar-refractivity contribution in [1.82, 2.24) is 10.3 Å². The van der Waals surface area contributed by atoms with Crippen molar-refractivity contribution in [3.63, 3.8) is 0 Å². The van der Waals surface area contributed by atoms with Crippen molar-refractivity contribution in [2.75, 3.05) is 12.3 Å². The van der Waals surface area contributed by atoms with Gasteiger partial charge in [-0.25, -0.2) is 4.98 Å². The quantitative estimate of drug-likeness (QED) is 0.858. The molecule has 1 aromatic heterocycles. The summed E-state index contributed by atoms with van der Waals surface area (Å²) in [6.45, 7) is 3.37.